The molecular formula is C13H19IN4O2. The molecule has 6 nitrogen and oxygen atoms in total. The van der Waals surface area contributed by atoms with E-state index in [1.165, 1.54) is 0 Å². The molecule has 0 atom stereocenters. The van der Waals surface area contributed by atoms with Gasteiger partial charge in [0.15, 0.2) is 5.96 Å². The molecule has 0 unspecified atom stereocenters. The van der Waals surface area contributed by atoms with E-state index in [1.54, 1.807) is 18.8 Å². The van der Waals surface area contributed by atoms with Crippen molar-refractivity contribution in [3.8, 4) is 0 Å². The first-order valence-corrected chi connectivity index (χ1v) is 6.19. The Kier molecular flexibility index (Phi) is 7.13. The van der Waals surface area contributed by atoms with Gasteiger partial charge in [0.2, 0.25) is 0 Å². The highest BCUT2D eigenvalue weighted by Gasteiger charge is 2.08. The molecule has 0 aliphatic heterocycles. The molecule has 1 N–H and O–H groups in total. The smallest absolute Gasteiger partial charge is 0.194 e. The van der Waals surface area contributed by atoms with Crippen LogP contribution in [0.1, 0.15) is 18.2 Å². The van der Waals surface area contributed by atoms with Gasteiger partial charge in [-0.1, -0.05) is 5.16 Å². The molecule has 20 heavy (non-hydrogen) atoms. The zero-order valence-electron chi connectivity index (χ0n) is 11.6. The third-order valence-corrected chi connectivity index (χ3v) is 2.58. The van der Waals surface area contributed by atoms with Crippen LogP contribution in [0.25, 0.3) is 0 Å². The van der Waals surface area contributed by atoms with Crippen molar-refractivity contribution in [2.24, 2.45) is 4.99 Å². The van der Waals surface area contributed by atoms with Gasteiger partial charge in [-0.3, -0.25) is 0 Å². The highest BCUT2D eigenvalue weighted by atomic mass is 127. The van der Waals surface area contributed by atoms with Crippen LogP contribution in [-0.2, 0) is 13.1 Å². The number of aliphatic imine (C=N–C) groups is 1. The van der Waals surface area contributed by atoms with Crippen LogP contribution >= 0.6 is 24.0 Å². The summed E-state index contributed by atoms with van der Waals surface area (Å²) in [7, 11) is 1.96. The van der Waals surface area contributed by atoms with Gasteiger partial charge in [-0.15, -0.1) is 24.0 Å². The van der Waals surface area contributed by atoms with E-state index in [2.05, 4.69) is 15.5 Å². The lowest BCUT2D eigenvalue weighted by Crippen LogP contribution is -2.38. The Morgan fingerprint density at radius 3 is 2.85 bits per heavy atom. The van der Waals surface area contributed by atoms with Crippen LogP contribution in [0.4, 0.5) is 0 Å². The molecule has 0 spiro atoms. The molecular weight excluding hydrogens is 371 g/mol. The molecule has 0 aromatic carbocycles. The summed E-state index contributed by atoms with van der Waals surface area (Å²) in [5, 5.41) is 7.14. The molecule has 0 saturated carbocycles. The molecule has 0 amide bonds. The first-order valence-electron chi connectivity index (χ1n) is 6.19. The number of nitrogens with one attached hydrogen (secondary N) is 1. The van der Waals surface area contributed by atoms with Gasteiger partial charge in [0, 0.05) is 25.2 Å². The minimum atomic E-state index is 0. The number of hydrogen-bond donors (Lipinski definition) is 1. The van der Waals surface area contributed by atoms with Gasteiger partial charge in [0.05, 0.1) is 25.6 Å². The fraction of sp³-hybridized carbons (Fsp3) is 0.385. The molecule has 0 radical (unpaired) electrons. The third kappa shape index (κ3) is 4.87. The number of rotatable bonds is 5. The van der Waals surface area contributed by atoms with Crippen molar-refractivity contribution in [2.45, 2.75) is 20.0 Å². The molecule has 0 saturated heterocycles. The van der Waals surface area contributed by atoms with Gasteiger partial charge in [-0.2, -0.15) is 0 Å². The van der Waals surface area contributed by atoms with Crippen LogP contribution in [0.15, 0.2) is 44.9 Å². The topological polar surface area (TPSA) is 66.8 Å². The van der Waals surface area contributed by atoms with Gasteiger partial charge in [0.1, 0.15) is 12.0 Å². The fourth-order valence-corrected chi connectivity index (χ4v) is 1.66. The summed E-state index contributed by atoms with van der Waals surface area (Å²) in [6.07, 6.45) is 4.92. The largest absolute Gasteiger partial charge is 0.472 e. The van der Waals surface area contributed by atoms with Crippen LogP contribution in [-0.4, -0.2) is 29.6 Å². The maximum Gasteiger partial charge on any atom is 0.194 e. The zero-order valence-corrected chi connectivity index (χ0v) is 13.9. The summed E-state index contributed by atoms with van der Waals surface area (Å²) in [4.78, 5) is 6.55. The highest BCUT2D eigenvalue weighted by molar-refractivity contribution is 14.0. The van der Waals surface area contributed by atoms with E-state index in [0.717, 1.165) is 23.8 Å². The average molecular weight is 390 g/mol. The average Bonchev–Trinajstić information content (AvgIpc) is 3.07. The van der Waals surface area contributed by atoms with E-state index in [0.29, 0.717) is 13.1 Å². The molecule has 2 heterocycles. The summed E-state index contributed by atoms with van der Waals surface area (Å²) in [5.41, 5.74) is 1.92. The Morgan fingerprint density at radius 1 is 1.40 bits per heavy atom. The molecule has 0 fully saturated rings. The first-order chi connectivity index (χ1) is 9.29. The number of hydrogen-bond acceptors (Lipinski definition) is 4. The Morgan fingerprint density at radius 2 is 2.25 bits per heavy atom. The summed E-state index contributed by atoms with van der Waals surface area (Å²) in [5.74, 6) is 0.826. The molecule has 2 aromatic heterocycles. The number of furan rings is 1. The molecule has 7 heteroatoms. The third-order valence-electron chi connectivity index (χ3n) is 2.58. The van der Waals surface area contributed by atoms with Crippen molar-refractivity contribution in [3.05, 3.63) is 42.2 Å². The Hall–Kier alpha value is -1.51. The Labute approximate surface area is 135 Å². The molecule has 0 bridgehead atoms. The Balaban J connectivity index is 0.00000200. The second kappa shape index (κ2) is 8.62. The molecule has 0 aliphatic carbocycles. The van der Waals surface area contributed by atoms with Crippen LogP contribution in [0.5, 0.6) is 0 Å². The maximum atomic E-state index is 5.03. The SMILES string of the molecule is CCNC(=NCc1ccoc1)N(C)Cc1ccon1.I. The molecule has 110 valence electrons. The van der Waals surface area contributed by atoms with E-state index in [9.17, 15) is 0 Å². The number of guanidine groups is 1. The lowest BCUT2D eigenvalue weighted by molar-refractivity contribution is 0.391. The lowest BCUT2D eigenvalue weighted by Gasteiger charge is -2.20. The number of aromatic nitrogens is 1. The van der Waals surface area contributed by atoms with Crippen LogP contribution in [0, 0.1) is 0 Å². The number of halogens is 1. The normalized spacial score (nSPS) is 11.0. The van der Waals surface area contributed by atoms with Crippen molar-refractivity contribution >= 4 is 29.9 Å². The monoisotopic (exact) mass is 390 g/mol. The lowest BCUT2D eigenvalue weighted by atomic mass is 10.3. The second-order valence-corrected chi connectivity index (χ2v) is 4.15. The summed E-state index contributed by atoms with van der Waals surface area (Å²) in [6.45, 7) is 4.08. The summed E-state index contributed by atoms with van der Waals surface area (Å²) < 4.78 is 9.85. The minimum absolute atomic E-state index is 0. The van der Waals surface area contributed by atoms with E-state index in [4.69, 9.17) is 8.94 Å². The van der Waals surface area contributed by atoms with Gasteiger partial charge in [-0.25, -0.2) is 4.99 Å². The van der Waals surface area contributed by atoms with Crippen molar-refractivity contribution in [2.75, 3.05) is 13.6 Å². The fourth-order valence-electron chi connectivity index (χ4n) is 1.66. The standard InChI is InChI=1S/C13H18N4O2.HI/c1-3-14-13(15-8-11-4-6-18-10-11)17(2)9-12-5-7-19-16-12;/h4-7,10H,3,8-9H2,1-2H3,(H,14,15);1H. The second-order valence-electron chi connectivity index (χ2n) is 4.15. The Bertz CT molecular complexity index is 496. The summed E-state index contributed by atoms with van der Waals surface area (Å²) >= 11 is 0. The summed E-state index contributed by atoms with van der Waals surface area (Å²) in [6, 6.07) is 3.75. The predicted octanol–water partition coefficient (Wildman–Crippen LogP) is 2.48. The van der Waals surface area contributed by atoms with E-state index in [-0.39, 0.29) is 24.0 Å². The van der Waals surface area contributed by atoms with Crippen LogP contribution in [0.3, 0.4) is 0 Å². The number of nitrogens with zero attached hydrogens (tertiary/aromatic N) is 3. The van der Waals surface area contributed by atoms with Gasteiger partial charge in [-0.05, 0) is 13.0 Å². The zero-order chi connectivity index (χ0) is 13.5. The quantitative estimate of drug-likeness (QED) is 0.483. The predicted molar refractivity (Wildman–Crippen MR) is 86.9 cm³/mol. The first kappa shape index (κ1) is 16.5. The van der Waals surface area contributed by atoms with Crippen molar-refractivity contribution in [1.29, 1.82) is 0 Å². The van der Waals surface area contributed by atoms with E-state index < -0.39 is 0 Å². The van der Waals surface area contributed by atoms with Crippen LogP contribution < -0.4 is 5.32 Å². The van der Waals surface area contributed by atoms with E-state index in [1.807, 2.05) is 31.0 Å². The highest BCUT2D eigenvalue weighted by Crippen LogP contribution is 2.04. The maximum absolute atomic E-state index is 5.03. The van der Waals surface area contributed by atoms with Gasteiger partial charge < -0.3 is 19.2 Å². The van der Waals surface area contributed by atoms with Crippen molar-refractivity contribution in [1.82, 2.24) is 15.4 Å². The van der Waals surface area contributed by atoms with Crippen LogP contribution in [0.2, 0.25) is 0 Å². The van der Waals surface area contributed by atoms with Crippen molar-refractivity contribution < 1.29 is 8.94 Å². The molecule has 2 rings (SSSR count). The molecule has 0 aliphatic rings. The van der Waals surface area contributed by atoms with Crippen molar-refractivity contribution in [3.63, 3.8) is 0 Å². The van der Waals surface area contributed by atoms with E-state index >= 15 is 0 Å². The molecule has 2 aromatic rings. The van der Waals surface area contributed by atoms with Gasteiger partial charge >= 0.3 is 0 Å². The van der Waals surface area contributed by atoms with Gasteiger partial charge in [0.25, 0.3) is 0 Å². The minimum Gasteiger partial charge on any atom is -0.472 e.